The molecule has 0 spiro atoms. The molecule has 1 fully saturated rings. The van der Waals surface area contributed by atoms with Gasteiger partial charge >= 0.3 is 0 Å². The van der Waals surface area contributed by atoms with Gasteiger partial charge in [0.2, 0.25) is 0 Å². The molecule has 1 aliphatic heterocycles. The predicted octanol–water partition coefficient (Wildman–Crippen LogP) is 2.69. The van der Waals surface area contributed by atoms with Crippen molar-refractivity contribution in [2.75, 3.05) is 23.3 Å². The minimum absolute atomic E-state index is 0.389. The molecule has 1 N–H and O–H groups in total. The molecule has 24 heavy (non-hydrogen) atoms. The second-order valence-corrected chi connectivity index (χ2v) is 6.67. The maximum absolute atomic E-state index is 4.60. The summed E-state index contributed by atoms with van der Waals surface area (Å²) in [5.41, 5.74) is 2.07. The fourth-order valence-corrected chi connectivity index (χ4v) is 3.40. The minimum Gasteiger partial charge on any atom is -0.355 e. The van der Waals surface area contributed by atoms with Crippen molar-refractivity contribution in [2.45, 2.75) is 19.8 Å². The summed E-state index contributed by atoms with van der Waals surface area (Å²) >= 11 is 1.58. The Labute approximate surface area is 143 Å². The molecule has 0 amide bonds. The van der Waals surface area contributed by atoms with Gasteiger partial charge in [0.15, 0.2) is 5.13 Å². The monoisotopic (exact) mass is 339 g/mol. The van der Waals surface area contributed by atoms with Crippen molar-refractivity contribution in [3.05, 3.63) is 47.2 Å². The van der Waals surface area contributed by atoms with Crippen molar-refractivity contribution >= 4 is 28.1 Å². The van der Waals surface area contributed by atoms with Crippen LogP contribution in [0.2, 0.25) is 0 Å². The molecule has 1 aliphatic rings. The quantitative estimate of drug-likeness (QED) is 0.783. The fourth-order valence-electron chi connectivity index (χ4n) is 2.71. The minimum atomic E-state index is 0.389. The fraction of sp³-hybridized carbons (Fsp3) is 0.312. The Morgan fingerprint density at radius 2 is 2.08 bits per heavy atom. The normalized spacial score (nSPS) is 14.5. The lowest BCUT2D eigenvalue weighted by molar-refractivity contribution is 0.507. The Hall–Kier alpha value is -2.61. The summed E-state index contributed by atoms with van der Waals surface area (Å²) in [5, 5.41) is 6.15. The van der Waals surface area contributed by atoms with E-state index in [9.17, 15) is 0 Å². The first-order valence-electron chi connectivity index (χ1n) is 7.73. The lowest BCUT2D eigenvalue weighted by Gasteiger charge is -2.39. The highest BCUT2D eigenvalue weighted by Crippen LogP contribution is 2.30. The number of anilines is 3. The van der Waals surface area contributed by atoms with Crippen LogP contribution in [0, 0.1) is 13.8 Å². The van der Waals surface area contributed by atoms with Crippen molar-refractivity contribution in [3.8, 4) is 0 Å². The molecule has 0 aliphatic carbocycles. The van der Waals surface area contributed by atoms with Gasteiger partial charge in [-0.05, 0) is 19.9 Å². The number of nitrogens with one attached hydrogen (secondary N) is 1. The molecule has 0 aromatic carbocycles. The van der Waals surface area contributed by atoms with Gasteiger partial charge in [0, 0.05) is 36.7 Å². The van der Waals surface area contributed by atoms with Gasteiger partial charge in [0.25, 0.3) is 0 Å². The molecule has 0 radical (unpaired) electrons. The van der Waals surface area contributed by atoms with Gasteiger partial charge in [-0.25, -0.2) is 24.9 Å². The summed E-state index contributed by atoms with van der Waals surface area (Å²) < 4.78 is 0. The van der Waals surface area contributed by atoms with Crippen molar-refractivity contribution in [3.63, 3.8) is 0 Å². The maximum Gasteiger partial charge on any atom is 0.188 e. The van der Waals surface area contributed by atoms with Crippen molar-refractivity contribution in [1.82, 2.24) is 24.9 Å². The van der Waals surface area contributed by atoms with E-state index in [0.29, 0.717) is 5.92 Å². The summed E-state index contributed by atoms with van der Waals surface area (Å²) in [6, 6.07) is 3.95. The zero-order valence-corrected chi connectivity index (χ0v) is 14.3. The zero-order chi connectivity index (χ0) is 16.5. The Morgan fingerprint density at radius 1 is 1.21 bits per heavy atom. The van der Waals surface area contributed by atoms with E-state index < -0.39 is 0 Å². The predicted molar refractivity (Wildman–Crippen MR) is 93.9 cm³/mol. The first-order valence-corrected chi connectivity index (χ1v) is 8.61. The average Bonchev–Trinajstić information content (AvgIpc) is 2.91. The van der Waals surface area contributed by atoms with Crippen LogP contribution in [0.4, 0.5) is 16.8 Å². The van der Waals surface area contributed by atoms with Gasteiger partial charge in [-0.15, -0.1) is 11.3 Å². The van der Waals surface area contributed by atoms with Gasteiger partial charge < -0.3 is 10.2 Å². The second-order valence-electron chi connectivity index (χ2n) is 5.81. The molecule has 4 rings (SSSR count). The third-order valence-corrected chi connectivity index (χ3v) is 4.78. The highest BCUT2D eigenvalue weighted by molar-refractivity contribution is 7.13. The molecule has 0 unspecified atom stereocenters. The first kappa shape index (κ1) is 14.9. The highest BCUT2D eigenvalue weighted by Gasteiger charge is 2.30. The molecule has 0 atom stereocenters. The van der Waals surface area contributed by atoms with E-state index in [1.54, 1.807) is 23.9 Å². The average molecular weight is 339 g/mol. The maximum atomic E-state index is 4.60. The van der Waals surface area contributed by atoms with Crippen LogP contribution in [-0.2, 0) is 0 Å². The molecule has 8 heteroatoms. The first-order chi connectivity index (χ1) is 11.7. The number of hydrogen-bond donors (Lipinski definition) is 1. The van der Waals surface area contributed by atoms with Gasteiger partial charge in [-0.2, -0.15) is 0 Å². The SMILES string of the molecule is Cc1csc(Nc2cc(C3CN(c4ccncn4)C3)nc(C)n2)n1. The Morgan fingerprint density at radius 3 is 2.79 bits per heavy atom. The summed E-state index contributed by atoms with van der Waals surface area (Å²) in [4.78, 5) is 24.0. The number of nitrogens with zero attached hydrogens (tertiary/aromatic N) is 6. The second kappa shape index (κ2) is 6.12. The van der Waals surface area contributed by atoms with Crippen LogP contribution in [0.5, 0.6) is 0 Å². The highest BCUT2D eigenvalue weighted by atomic mass is 32.1. The lowest BCUT2D eigenvalue weighted by Crippen LogP contribution is -2.45. The number of aromatic nitrogens is 5. The number of aryl methyl sites for hydroxylation is 2. The molecule has 7 nitrogen and oxygen atoms in total. The van der Waals surface area contributed by atoms with E-state index in [2.05, 4.69) is 35.1 Å². The third-order valence-electron chi connectivity index (χ3n) is 3.90. The van der Waals surface area contributed by atoms with Crippen LogP contribution in [-0.4, -0.2) is 38.0 Å². The van der Waals surface area contributed by atoms with E-state index >= 15 is 0 Å². The number of rotatable bonds is 4. The van der Waals surface area contributed by atoms with Crippen LogP contribution in [0.3, 0.4) is 0 Å². The van der Waals surface area contributed by atoms with Crippen molar-refractivity contribution < 1.29 is 0 Å². The van der Waals surface area contributed by atoms with Crippen LogP contribution in [0.25, 0.3) is 0 Å². The summed E-state index contributed by atoms with van der Waals surface area (Å²) in [6.45, 7) is 5.71. The standard InChI is InChI=1S/C16H17N7S/c1-10-8-24-16(19-10)22-14-5-13(20-11(2)21-14)12-6-23(7-12)15-3-4-17-9-18-15/h3-5,8-9,12H,6-7H2,1-2H3,(H,19,20,21,22). The Kier molecular flexibility index (Phi) is 3.81. The Balaban J connectivity index is 1.48. The molecule has 3 aromatic heterocycles. The van der Waals surface area contributed by atoms with Crippen LogP contribution >= 0.6 is 11.3 Å². The smallest absolute Gasteiger partial charge is 0.188 e. The van der Waals surface area contributed by atoms with Crippen LogP contribution < -0.4 is 10.2 Å². The van der Waals surface area contributed by atoms with Gasteiger partial charge in [0.05, 0.1) is 11.4 Å². The van der Waals surface area contributed by atoms with Crippen LogP contribution in [0.15, 0.2) is 30.0 Å². The van der Waals surface area contributed by atoms with Gasteiger partial charge in [-0.1, -0.05) is 0 Å². The van der Waals surface area contributed by atoms with E-state index in [1.807, 2.05) is 31.4 Å². The van der Waals surface area contributed by atoms with E-state index in [1.165, 1.54) is 0 Å². The van der Waals surface area contributed by atoms with E-state index in [4.69, 9.17) is 0 Å². The van der Waals surface area contributed by atoms with Gasteiger partial charge in [-0.3, -0.25) is 0 Å². The lowest BCUT2D eigenvalue weighted by atomic mass is 9.96. The van der Waals surface area contributed by atoms with Gasteiger partial charge in [0.1, 0.15) is 23.8 Å². The third kappa shape index (κ3) is 3.05. The molecular formula is C16H17N7S. The summed E-state index contributed by atoms with van der Waals surface area (Å²) in [6.07, 6.45) is 3.35. The summed E-state index contributed by atoms with van der Waals surface area (Å²) in [7, 11) is 0. The largest absolute Gasteiger partial charge is 0.355 e. The summed E-state index contributed by atoms with van der Waals surface area (Å²) in [5.74, 6) is 2.92. The molecule has 4 heterocycles. The molecule has 3 aromatic rings. The molecule has 122 valence electrons. The van der Waals surface area contributed by atoms with Crippen LogP contribution in [0.1, 0.15) is 23.1 Å². The Bertz CT molecular complexity index is 843. The number of hydrogen-bond acceptors (Lipinski definition) is 8. The van der Waals surface area contributed by atoms with E-state index in [0.717, 1.165) is 47.1 Å². The molecular weight excluding hydrogens is 322 g/mol. The van der Waals surface area contributed by atoms with E-state index in [-0.39, 0.29) is 0 Å². The molecule has 1 saturated heterocycles. The number of thiazole rings is 1. The zero-order valence-electron chi connectivity index (χ0n) is 13.5. The topological polar surface area (TPSA) is 79.7 Å². The molecule has 0 bridgehead atoms. The molecule has 0 saturated carbocycles. The van der Waals surface area contributed by atoms with Crippen molar-refractivity contribution in [1.29, 1.82) is 0 Å². The van der Waals surface area contributed by atoms with Crippen molar-refractivity contribution in [2.24, 2.45) is 0 Å².